The highest BCUT2D eigenvalue weighted by atomic mass is 16.5. The van der Waals surface area contributed by atoms with E-state index in [9.17, 15) is 5.26 Å². The number of hydrogen-bond donors (Lipinski definition) is 0. The standard InChI is InChI=1S/C29H33NO/c1-18(2)23-15-27(19(3)4)29(28(16-23)20(5)6)22-11-12-26(24(13-22)17-30)21-9-8-10-25(14-21)31-7/h8-16,18-20H,1-7H3. The second-order valence-corrected chi connectivity index (χ2v) is 9.14. The van der Waals surface area contributed by atoms with Crippen LogP contribution in [0.3, 0.4) is 0 Å². The third kappa shape index (κ3) is 4.67. The molecule has 31 heavy (non-hydrogen) atoms. The van der Waals surface area contributed by atoms with Crippen LogP contribution in [0, 0.1) is 11.3 Å². The molecule has 0 atom stereocenters. The number of rotatable bonds is 6. The number of nitriles is 1. The van der Waals surface area contributed by atoms with Crippen LogP contribution in [0.1, 0.15) is 81.5 Å². The molecule has 3 aromatic rings. The molecule has 0 aliphatic carbocycles. The Morgan fingerprint density at radius 1 is 0.742 bits per heavy atom. The molecular formula is C29H33NO. The van der Waals surface area contributed by atoms with Gasteiger partial charge in [0, 0.05) is 0 Å². The van der Waals surface area contributed by atoms with E-state index in [2.05, 4.69) is 77.9 Å². The monoisotopic (exact) mass is 411 g/mol. The molecule has 2 nitrogen and oxygen atoms in total. The summed E-state index contributed by atoms with van der Waals surface area (Å²) in [6, 6.07) is 21.3. The van der Waals surface area contributed by atoms with Crippen LogP contribution in [0.25, 0.3) is 22.3 Å². The SMILES string of the molecule is COc1cccc(-c2ccc(-c3c(C(C)C)cc(C(C)C)cc3C(C)C)cc2C#N)c1. The zero-order chi connectivity index (χ0) is 22.7. The minimum absolute atomic E-state index is 0.398. The molecule has 3 rings (SSSR count). The van der Waals surface area contributed by atoms with Crippen molar-refractivity contribution in [2.45, 2.75) is 59.3 Å². The maximum atomic E-state index is 9.97. The van der Waals surface area contributed by atoms with Crippen molar-refractivity contribution in [3.8, 4) is 34.1 Å². The van der Waals surface area contributed by atoms with Gasteiger partial charge in [-0.3, -0.25) is 0 Å². The Balaban J connectivity index is 2.24. The van der Waals surface area contributed by atoms with E-state index in [0.717, 1.165) is 22.4 Å². The van der Waals surface area contributed by atoms with Gasteiger partial charge in [-0.25, -0.2) is 0 Å². The summed E-state index contributed by atoms with van der Waals surface area (Å²) in [7, 11) is 1.66. The molecule has 0 saturated carbocycles. The van der Waals surface area contributed by atoms with Gasteiger partial charge in [-0.2, -0.15) is 5.26 Å². The van der Waals surface area contributed by atoms with Crippen LogP contribution >= 0.6 is 0 Å². The van der Waals surface area contributed by atoms with Gasteiger partial charge >= 0.3 is 0 Å². The summed E-state index contributed by atoms with van der Waals surface area (Å²) < 4.78 is 5.37. The third-order valence-corrected chi connectivity index (χ3v) is 5.94. The summed E-state index contributed by atoms with van der Waals surface area (Å²) in [4.78, 5) is 0. The summed E-state index contributed by atoms with van der Waals surface area (Å²) in [5, 5.41) is 9.97. The van der Waals surface area contributed by atoms with E-state index in [-0.39, 0.29) is 0 Å². The highest BCUT2D eigenvalue weighted by Crippen LogP contribution is 2.40. The average Bonchev–Trinajstić information content (AvgIpc) is 2.77. The van der Waals surface area contributed by atoms with E-state index in [1.54, 1.807) is 7.11 Å². The summed E-state index contributed by atoms with van der Waals surface area (Å²) in [6.07, 6.45) is 0. The van der Waals surface area contributed by atoms with Crippen LogP contribution in [0.4, 0.5) is 0 Å². The quantitative estimate of drug-likeness (QED) is 0.409. The van der Waals surface area contributed by atoms with Crippen molar-refractivity contribution < 1.29 is 4.74 Å². The van der Waals surface area contributed by atoms with E-state index in [1.165, 1.54) is 22.3 Å². The minimum atomic E-state index is 0.398. The molecule has 0 N–H and O–H groups in total. The zero-order valence-corrected chi connectivity index (χ0v) is 19.8. The molecule has 0 radical (unpaired) electrons. The van der Waals surface area contributed by atoms with Crippen LogP contribution in [-0.2, 0) is 0 Å². The number of hydrogen-bond acceptors (Lipinski definition) is 2. The first kappa shape index (κ1) is 22.6. The Morgan fingerprint density at radius 2 is 1.39 bits per heavy atom. The minimum Gasteiger partial charge on any atom is -0.497 e. The van der Waals surface area contributed by atoms with Gasteiger partial charge in [-0.05, 0) is 74.9 Å². The van der Waals surface area contributed by atoms with Gasteiger partial charge in [0.05, 0.1) is 18.7 Å². The normalized spacial score (nSPS) is 11.3. The summed E-state index contributed by atoms with van der Waals surface area (Å²) in [5.41, 5.74) is 9.09. The molecule has 2 heteroatoms. The maximum absolute atomic E-state index is 9.97. The Labute approximate surface area is 187 Å². The maximum Gasteiger partial charge on any atom is 0.119 e. The van der Waals surface area contributed by atoms with E-state index in [1.807, 2.05) is 24.3 Å². The van der Waals surface area contributed by atoms with Crippen LogP contribution in [0.5, 0.6) is 5.75 Å². The van der Waals surface area contributed by atoms with Crippen molar-refractivity contribution in [1.82, 2.24) is 0 Å². The van der Waals surface area contributed by atoms with E-state index < -0.39 is 0 Å². The van der Waals surface area contributed by atoms with Gasteiger partial charge in [0.15, 0.2) is 0 Å². The number of methoxy groups -OCH3 is 1. The lowest BCUT2D eigenvalue weighted by Crippen LogP contribution is -2.04. The summed E-state index contributed by atoms with van der Waals surface area (Å²) in [5.74, 6) is 2.07. The molecule has 0 fully saturated rings. The van der Waals surface area contributed by atoms with Crippen molar-refractivity contribution in [3.63, 3.8) is 0 Å². The smallest absolute Gasteiger partial charge is 0.119 e. The van der Waals surface area contributed by atoms with Crippen molar-refractivity contribution in [2.24, 2.45) is 0 Å². The predicted octanol–water partition coefficient (Wildman–Crippen LogP) is 8.27. The average molecular weight is 412 g/mol. The molecule has 160 valence electrons. The molecule has 0 aliphatic heterocycles. The predicted molar refractivity (Wildman–Crippen MR) is 131 cm³/mol. The second-order valence-electron chi connectivity index (χ2n) is 9.14. The Hall–Kier alpha value is -3.05. The largest absolute Gasteiger partial charge is 0.497 e. The van der Waals surface area contributed by atoms with Gasteiger partial charge in [-0.15, -0.1) is 0 Å². The third-order valence-electron chi connectivity index (χ3n) is 5.94. The topological polar surface area (TPSA) is 33.0 Å². The first-order valence-electron chi connectivity index (χ1n) is 11.1. The highest BCUT2D eigenvalue weighted by Gasteiger charge is 2.19. The summed E-state index contributed by atoms with van der Waals surface area (Å²) >= 11 is 0. The fourth-order valence-corrected chi connectivity index (χ4v) is 4.12. The number of ether oxygens (including phenoxy) is 1. The van der Waals surface area contributed by atoms with Crippen molar-refractivity contribution in [3.05, 3.63) is 76.9 Å². The van der Waals surface area contributed by atoms with Crippen molar-refractivity contribution in [2.75, 3.05) is 7.11 Å². The van der Waals surface area contributed by atoms with E-state index in [4.69, 9.17) is 4.74 Å². The molecule has 3 aromatic carbocycles. The van der Waals surface area contributed by atoms with Crippen molar-refractivity contribution in [1.29, 1.82) is 5.26 Å². The molecule has 0 saturated heterocycles. The van der Waals surface area contributed by atoms with Gasteiger partial charge < -0.3 is 4.74 Å². The number of nitrogens with zero attached hydrogens (tertiary/aromatic N) is 1. The molecule has 0 unspecified atom stereocenters. The molecule has 0 amide bonds. The van der Waals surface area contributed by atoms with Crippen molar-refractivity contribution >= 4 is 0 Å². The zero-order valence-electron chi connectivity index (χ0n) is 19.8. The molecule has 0 bridgehead atoms. The van der Waals surface area contributed by atoms with Crippen LogP contribution in [0.15, 0.2) is 54.6 Å². The van der Waals surface area contributed by atoms with Gasteiger partial charge in [0.25, 0.3) is 0 Å². The highest BCUT2D eigenvalue weighted by molar-refractivity contribution is 5.80. The Bertz CT molecular complexity index is 1090. The number of benzene rings is 3. The van der Waals surface area contributed by atoms with E-state index >= 15 is 0 Å². The molecule has 0 heterocycles. The Kier molecular flexibility index (Phi) is 6.86. The molecule has 0 aromatic heterocycles. The first-order chi connectivity index (χ1) is 14.8. The summed E-state index contributed by atoms with van der Waals surface area (Å²) in [6.45, 7) is 13.5. The molecule has 0 aliphatic rings. The molecule has 0 spiro atoms. The van der Waals surface area contributed by atoms with Gasteiger partial charge in [0.2, 0.25) is 0 Å². The van der Waals surface area contributed by atoms with Crippen LogP contribution < -0.4 is 4.74 Å². The first-order valence-corrected chi connectivity index (χ1v) is 11.1. The van der Waals surface area contributed by atoms with Gasteiger partial charge in [-0.1, -0.05) is 77.9 Å². The Morgan fingerprint density at radius 3 is 1.90 bits per heavy atom. The lowest BCUT2D eigenvalue weighted by molar-refractivity contribution is 0.415. The second kappa shape index (κ2) is 9.40. The van der Waals surface area contributed by atoms with Crippen LogP contribution in [-0.4, -0.2) is 7.11 Å². The fraction of sp³-hybridized carbons (Fsp3) is 0.345. The van der Waals surface area contributed by atoms with E-state index in [0.29, 0.717) is 23.3 Å². The lowest BCUT2D eigenvalue weighted by Gasteiger charge is -2.23. The molecular weight excluding hydrogens is 378 g/mol. The lowest BCUT2D eigenvalue weighted by atomic mass is 9.81. The van der Waals surface area contributed by atoms with Crippen LogP contribution in [0.2, 0.25) is 0 Å². The van der Waals surface area contributed by atoms with Gasteiger partial charge in [0.1, 0.15) is 5.75 Å². The fourth-order valence-electron chi connectivity index (χ4n) is 4.12.